The fraction of sp³-hybridized carbons (Fsp3) is 0.316. The van der Waals surface area contributed by atoms with Crippen molar-refractivity contribution in [3.8, 4) is 16.9 Å². The van der Waals surface area contributed by atoms with Crippen molar-refractivity contribution in [1.82, 2.24) is 0 Å². The van der Waals surface area contributed by atoms with E-state index in [0.29, 0.717) is 10.8 Å². The van der Waals surface area contributed by atoms with Gasteiger partial charge in [-0.05, 0) is 36.1 Å². The molecule has 0 aliphatic heterocycles. The van der Waals surface area contributed by atoms with E-state index in [1.165, 1.54) is 6.42 Å². The molecule has 0 heterocycles. The highest BCUT2D eigenvalue weighted by Gasteiger charge is 2.23. The van der Waals surface area contributed by atoms with Crippen LogP contribution < -0.4 is 4.74 Å². The predicted molar refractivity (Wildman–Crippen MR) is 89.1 cm³/mol. The summed E-state index contributed by atoms with van der Waals surface area (Å²) in [6, 6.07) is 15.6. The maximum absolute atomic E-state index is 12.2. The first-order valence-electron chi connectivity index (χ1n) is 7.81. The van der Waals surface area contributed by atoms with Crippen LogP contribution in [-0.4, -0.2) is 5.97 Å². The van der Waals surface area contributed by atoms with Gasteiger partial charge in [0.05, 0.1) is 10.9 Å². The van der Waals surface area contributed by atoms with Crippen LogP contribution >= 0.6 is 11.6 Å². The first-order valence-corrected chi connectivity index (χ1v) is 8.18. The van der Waals surface area contributed by atoms with Crippen LogP contribution in [0.3, 0.4) is 0 Å². The fourth-order valence-electron chi connectivity index (χ4n) is 2.92. The van der Waals surface area contributed by atoms with Gasteiger partial charge in [0.15, 0.2) is 0 Å². The summed E-state index contributed by atoms with van der Waals surface area (Å²) in [5.41, 5.74) is 2.11. The summed E-state index contributed by atoms with van der Waals surface area (Å²) in [5, 5.41) is 0.477. The van der Waals surface area contributed by atoms with Crippen molar-refractivity contribution in [1.29, 1.82) is 0 Å². The van der Waals surface area contributed by atoms with Crippen molar-refractivity contribution in [2.24, 2.45) is 5.92 Å². The highest BCUT2D eigenvalue weighted by Crippen LogP contribution is 2.32. The first kappa shape index (κ1) is 15.1. The summed E-state index contributed by atoms with van der Waals surface area (Å²) in [7, 11) is 0. The zero-order valence-corrected chi connectivity index (χ0v) is 13.2. The van der Waals surface area contributed by atoms with Gasteiger partial charge in [-0.1, -0.05) is 67.3 Å². The third-order valence-corrected chi connectivity index (χ3v) is 4.48. The lowest BCUT2D eigenvalue weighted by Crippen LogP contribution is -2.22. The van der Waals surface area contributed by atoms with Crippen LogP contribution in [0.25, 0.3) is 11.1 Å². The summed E-state index contributed by atoms with van der Waals surface area (Å²) in [4.78, 5) is 12.2. The largest absolute Gasteiger partial charge is 0.425 e. The Morgan fingerprint density at radius 3 is 2.36 bits per heavy atom. The maximum Gasteiger partial charge on any atom is 0.314 e. The van der Waals surface area contributed by atoms with Gasteiger partial charge < -0.3 is 4.74 Å². The molecule has 0 atom stereocenters. The molecule has 0 saturated heterocycles. The Balaban J connectivity index is 1.73. The van der Waals surface area contributed by atoms with Crippen LogP contribution in [-0.2, 0) is 4.79 Å². The number of hydrogen-bond donors (Lipinski definition) is 0. The van der Waals surface area contributed by atoms with Crippen molar-refractivity contribution in [3.05, 3.63) is 53.6 Å². The van der Waals surface area contributed by atoms with Crippen LogP contribution in [0.4, 0.5) is 0 Å². The maximum atomic E-state index is 12.2. The second-order valence-corrected chi connectivity index (χ2v) is 6.17. The molecule has 1 aliphatic carbocycles. The number of esters is 1. The lowest BCUT2D eigenvalue weighted by atomic mass is 9.89. The Hall–Kier alpha value is -1.80. The van der Waals surface area contributed by atoms with Gasteiger partial charge in [-0.15, -0.1) is 0 Å². The van der Waals surface area contributed by atoms with E-state index in [4.69, 9.17) is 16.3 Å². The van der Waals surface area contributed by atoms with Gasteiger partial charge in [0.1, 0.15) is 5.75 Å². The Morgan fingerprint density at radius 1 is 0.955 bits per heavy atom. The van der Waals surface area contributed by atoms with E-state index in [9.17, 15) is 4.79 Å². The molecule has 0 radical (unpaired) electrons. The van der Waals surface area contributed by atoms with Crippen molar-refractivity contribution in [3.63, 3.8) is 0 Å². The quantitative estimate of drug-likeness (QED) is 0.553. The topological polar surface area (TPSA) is 26.3 Å². The lowest BCUT2D eigenvalue weighted by molar-refractivity contribution is -0.139. The van der Waals surface area contributed by atoms with E-state index in [1.54, 1.807) is 6.07 Å². The molecule has 1 fully saturated rings. The smallest absolute Gasteiger partial charge is 0.314 e. The Morgan fingerprint density at radius 2 is 1.68 bits per heavy atom. The van der Waals surface area contributed by atoms with E-state index in [-0.39, 0.29) is 11.9 Å². The first-order chi connectivity index (χ1) is 10.7. The summed E-state index contributed by atoms with van der Waals surface area (Å²) in [6.07, 6.45) is 5.30. The van der Waals surface area contributed by atoms with Gasteiger partial charge in [-0.25, -0.2) is 0 Å². The van der Waals surface area contributed by atoms with Crippen LogP contribution in [0.2, 0.25) is 5.02 Å². The standard InChI is InChI=1S/C19H19ClO2/c20-17-13-16(14-7-3-1-4-8-14)11-12-18(17)22-19(21)15-9-5-2-6-10-15/h1,3-4,7-8,11-13,15H,2,5-6,9-10H2. The summed E-state index contributed by atoms with van der Waals surface area (Å²) >= 11 is 6.29. The monoisotopic (exact) mass is 314 g/mol. The third-order valence-electron chi connectivity index (χ3n) is 4.19. The SMILES string of the molecule is O=C(Oc1ccc(-c2ccccc2)cc1Cl)C1CCCCC1. The van der Waals surface area contributed by atoms with Gasteiger partial charge in [0, 0.05) is 0 Å². The summed E-state index contributed by atoms with van der Waals surface area (Å²) in [6.45, 7) is 0. The third kappa shape index (κ3) is 3.50. The van der Waals surface area contributed by atoms with Crippen LogP contribution in [0.1, 0.15) is 32.1 Å². The van der Waals surface area contributed by atoms with Crippen molar-refractivity contribution in [2.45, 2.75) is 32.1 Å². The molecule has 0 spiro atoms. The average molecular weight is 315 g/mol. The fourth-order valence-corrected chi connectivity index (χ4v) is 3.14. The molecule has 0 N–H and O–H groups in total. The number of halogens is 1. The average Bonchev–Trinajstić information content (AvgIpc) is 2.58. The molecule has 22 heavy (non-hydrogen) atoms. The zero-order chi connectivity index (χ0) is 15.4. The van der Waals surface area contributed by atoms with Gasteiger partial charge in [-0.2, -0.15) is 0 Å². The summed E-state index contributed by atoms with van der Waals surface area (Å²) in [5.74, 6) is 0.338. The van der Waals surface area contributed by atoms with Gasteiger partial charge in [0.25, 0.3) is 0 Å². The molecular formula is C19H19ClO2. The number of carbonyl (C=O) groups excluding carboxylic acids is 1. The normalized spacial score (nSPS) is 15.5. The molecule has 0 amide bonds. The minimum absolute atomic E-state index is 0.0265. The van der Waals surface area contributed by atoms with Gasteiger partial charge in [0.2, 0.25) is 0 Å². The Bertz CT molecular complexity index is 646. The van der Waals surface area contributed by atoms with E-state index in [2.05, 4.69) is 0 Å². The van der Waals surface area contributed by atoms with Crippen molar-refractivity contribution >= 4 is 17.6 Å². The molecule has 2 nitrogen and oxygen atoms in total. The van der Waals surface area contributed by atoms with Crippen molar-refractivity contribution in [2.75, 3.05) is 0 Å². The molecule has 1 aliphatic rings. The number of ether oxygens (including phenoxy) is 1. The van der Waals surface area contributed by atoms with Gasteiger partial charge in [-0.3, -0.25) is 4.79 Å². The predicted octanol–water partition coefficient (Wildman–Crippen LogP) is 5.49. The highest BCUT2D eigenvalue weighted by molar-refractivity contribution is 6.32. The second kappa shape index (κ2) is 6.97. The molecule has 0 bridgehead atoms. The number of carbonyl (C=O) groups is 1. The van der Waals surface area contributed by atoms with Crippen LogP contribution in [0.5, 0.6) is 5.75 Å². The highest BCUT2D eigenvalue weighted by atomic mass is 35.5. The van der Waals surface area contributed by atoms with Crippen LogP contribution in [0.15, 0.2) is 48.5 Å². The number of benzene rings is 2. The Kier molecular flexibility index (Phi) is 4.79. The van der Waals surface area contributed by atoms with E-state index < -0.39 is 0 Å². The minimum atomic E-state index is -0.144. The second-order valence-electron chi connectivity index (χ2n) is 5.77. The van der Waals surface area contributed by atoms with E-state index in [0.717, 1.165) is 36.8 Å². The molecule has 114 valence electrons. The molecule has 0 aromatic heterocycles. The van der Waals surface area contributed by atoms with Crippen molar-refractivity contribution < 1.29 is 9.53 Å². The molecule has 1 saturated carbocycles. The number of rotatable bonds is 3. The molecular weight excluding hydrogens is 296 g/mol. The number of hydrogen-bond acceptors (Lipinski definition) is 2. The Labute approximate surface area is 136 Å². The van der Waals surface area contributed by atoms with Gasteiger partial charge >= 0.3 is 5.97 Å². The molecule has 0 unspecified atom stereocenters. The zero-order valence-electron chi connectivity index (χ0n) is 12.4. The lowest BCUT2D eigenvalue weighted by Gasteiger charge is -2.20. The molecule has 2 aromatic carbocycles. The minimum Gasteiger partial charge on any atom is -0.425 e. The van der Waals surface area contributed by atoms with E-state index in [1.807, 2.05) is 42.5 Å². The molecule has 2 aromatic rings. The van der Waals surface area contributed by atoms with Crippen LogP contribution in [0, 0.1) is 5.92 Å². The summed E-state index contributed by atoms with van der Waals surface area (Å²) < 4.78 is 5.50. The molecule has 3 heteroatoms. The molecule has 3 rings (SSSR count). The van der Waals surface area contributed by atoms with E-state index >= 15 is 0 Å².